The molecule has 0 radical (unpaired) electrons. The van der Waals surface area contributed by atoms with Gasteiger partial charge >= 0.3 is 0 Å². The van der Waals surface area contributed by atoms with Crippen LogP contribution in [0.5, 0.6) is 0 Å². The van der Waals surface area contributed by atoms with Crippen molar-refractivity contribution in [2.75, 3.05) is 5.75 Å². The lowest BCUT2D eigenvalue weighted by atomic mass is 10.2. The molecule has 0 unspecified atom stereocenters. The van der Waals surface area contributed by atoms with Gasteiger partial charge < -0.3 is 0 Å². The molecular formula is C17H15NS2. The van der Waals surface area contributed by atoms with Crippen molar-refractivity contribution >= 4 is 34.3 Å². The summed E-state index contributed by atoms with van der Waals surface area (Å²) in [6.07, 6.45) is 1.11. The summed E-state index contributed by atoms with van der Waals surface area (Å²) in [5, 5.41) is 3.41. The number of hydrogen-bond donors (Lipinski definition) is 0. The maximum absolute atomic E-state index is 4.75. The zero-order valence-electron chi connectivity index (χ0n) is 11.0. The number of rotatable bonds is 3. The van der Waals surface area contributed by atoms with Crippen molar-refractivity contribution in [2.45, 2.75) is 11.3 Å². The third kappa shape index (κ3) is 3.56. The Morgan fingerprint density at radius 2 is 1.65 bits per heavy atom. The number of hydrogen-bond acceptors (Lipinski definition) is 3. The van der Waals surface area contributed by atoms with Crippen LogP contribution in [0.1, 0.15) is 6.42 Å². The Hall–Kier alpha value is -1.45. The van der Waals surface area contributed by atoms with E-state index < -0.39 is 0 Å². The van der Waals surface area contributed by atoms with Crippen molar-refractivity contribution in [3.63, 3.8) is 0 Å². The second kappa shape index (κ2) is 6.82. The number of aliphatic imine (C=N–C) groups is 1. The van der Waals surface area contributed by atoms with E-state index in [1.54, 1.807) is 11.8 Å². The van der Waals surface area contributed by atoms with Gasteiger partial charge in [-0.3, -0.25) is 0 Å². The molecule has 0 N–H and O–H groups in total. The standard InChI is InChI=1S/C17H15NS2/c1-3-7-15(8-4-1)18-17-14(11-12-19-17)13-20-16-9-5-2-6-10-16/h1-10,13H,11-12H2/b14-13+,18-17?. The molecule has 0 spiro atoms. The van der Waals surface area contributed by atoms with Crippen molar-refractivity contribution in [1.29, 1.82) is 0 Å². The number of nitrogens with zero attached hydrogens (tertiary/aromatic N) is 1. The van der Waals surface area contributed by atoms with E-state index >= 15 is 0 Å². The van der Waals surface area contributed by atoms with Crippen molar-refractivity contribution in [2.24, 2.45) is 4.99 Å². The SMILES string of the molecule is C(/Sc1ccccc1)=C1/CCSC1=Nc1ccccc1. The van der Waals surface area contributed by atoms with Crippen LogP contribution in [0.25, 0.3) is 0 Å². The van der Waals surface area contributed by atoms with E-state index in [0.29, 0.717) is 0 Å². The molecular weight excluding hydrogens is 282 g/mol. The average Bonchev–Trinajstić information content (AvgIpc) is 2.94. The summed E-state index contributed by atoms with van der Waals surface area (Å²) >= 11 is 3.62. The predicted octanol–water partition coefficient (Wildman–Crippen LogP) is 5.53. The summed E-state index contributed by atoms with van der Waals surface area (Å²) in [5.74, 6) is 1.13. The van der Waals surface area contributed by atoms with Crippen LogP contribution in [-0.4, -0.2) is 10.8 Å². The fourth-order valence-corrected chi connectivity index (χ4v) is 3.86. The first-order chi connectivity index (χ1) is 9.92. The van der Waals surface area contributed by atoms with E-state index in [-0.39, 0.29) is 0 Å². The molecule has 2 aromatic rings. The van der Waals surface area contributed by atoms with Gasteiger partial charge in [-0.15, -0.1) is 11.8 Å². The summed E-state index contributed by atoms with van der Waals surface area (Å²) in [5.41, 5.74) is 2.39. The second-order valence-corrected chi connectivity index (χ2v) is 6.45. The van der Waals surface area contributed by atoms with Gasteiger partial charge in [0.2, 0.25) is 0 Å². The molecule has 1 nitrogen and oxygen atoms in total. The number of thioether (sulfide) groups is 2. The molecule has 1 fully saturated rings. The van der Waals surface area contributed by atoms with Crippen molar-refractivity contribution in [3.8, 4) is 0 Å². The first-order valence-corrected chi connectivity index (χ1v) is 8.46. The lowest BCUT2D eigenvalue weighted by Crippen LogP contribution is -1.88. The van der Waals surface area contributed by atoms with Gasteiger partial charge in [0.15, 0.2) is 0 Å². The molecule has 2 aromatic carbocycles. The Bertz CT molecular complexity index is 618. The van der Waals surface area contributed by atoms with Crippen LogP contribution >= 0.6 is 23.5 Å². The number of para-hydroxylation sites is 1. The average molecular weight is 297 g/mol. The molecule has 0 bridgehead atoms. The van der Waals surface area contributed by atoms with Crippen molar-refractivity contribution in [1.82, 2.24) is 0 Å². The highest BCUT2D eigenvalue weighted by molar-refractivity contribution is 8.15. The molecule has 0 amide bonds. The lowest BCUT2D eigenvalue weighted by Gasteiger charge is -2.00. The van der Waals surface area contributed by atoms with Gasteiger partial charge in [0.1, 0.15) is 5.04 Å². The summed E-state index contributed by atoms with van der Waals surface area (Å²) in [7, 11) is 0. The van der Waals surface area contributed by atoms with E-state index in [2.05, 4.69) is 29.7 Å². The Labute approximate surface area is 128 Å². The minimum atomic E-state index is 1.03. The molecule has 0 saturated carbocycles. The second-order valence-electron chi connectivity index (χ2n) is 4.42. The monoisotopic (exact) mass is 297 g/mol. The molecule has 1 saturated heterocycles. The van der Waals surface area contributed by atoms with Crippen LogP contribution < -0.4 is 0 Å². The number of benzene rings is 2. The molecule has 0 aromatic heterocycles. The van der Waals surface area contributed by atoms with Crippen LogP contribution in [0.4, 0.5) is 5.69 Å². The van der Waals surface area contributed by atoms with Gasteiger partial charge in [0, 0.05) is 10.6 Å². The Morgan fingerprint density at radius 1 is 0.950 bits per heavy atom. The molecule has 3 heteroatoms. The van der Waals surface area contributed by atoms with Crippen molar-refractivity contribution in [3.05, 3.63) is 71.6 Å². The van der Waals surface area contributed by atoms with Gasteiger partial charge in [-0.05, 0) is 41.7 Å². The first-order valence-electron chi connectivity index (χ1n) is 6.59. The van der Waals surface area contributed by atoms with Crippen molar-refractivity contribution < 1.29 is 0 Å². The van der Waals surface area contributed by atoms with E-state index in [1.807, 2.05) is 48.2 Å². The molecule has 100 valence electrons. The highest BCUT2D eigenvalue weighted by Crippen LogP contribution is 2.32. The lowest BCUT2D eigenvalue weighted by molar-refractivity contribution is 1.23. The van der Waals surface area contributed by atoms with E-state index in [1.165, 1.54) is 15.5 Å². The summed E-state index contributed by atoms with van der Waals surface area (Å²) in [6, 6.07) is 20.6. The molecule has 3 rings (SSSR count). The highest BCUT2D eigenvalue weighted by Gasteiger charge is 2.16. The van der Waals surface area contributed by atoms with Gasteiger partial charge in [-0.2, -0.15) is 0 Å². The molecule has 1 aliphatic rings. The van der Waals surface area contributed by atoms with Gasteiger partial charge in [0.25, 0.3) is 0 Å². The third-order valence-electron chi connectivity index (χ3n) is 2.95. The van der Waals surface area contributed by atoms with Crippen LogP contribution in [0.15, 0.2) is 81.5 Å². The smallest absolute Gasteiger partial charge is 0.100 e. The normalized spacial score (nSPS) is 18.8. The summed E-state index contributed by atoms with van der Waals surface area (Å²) in [4.78, 5) is 6.02. The molecule has 1 aliphatic heterocycles. The Kier molecular flexibility index (Phi) is 4.61. The maximum Gasteiger partial charge on any atom is 0.100 e. The topological polar surface area (TPSA) is 12.4 Å². The minimum absolute atomic E-state index is 1.03. The van der Waals surface area contributed by atoms with Crippen LogP contribution in [0.2, 0.25) is 0 Å². The van der Waals surface area contributed by atoms with Crippen LogP contribution in [0, 0.1) is 0 Å². The predicted molar refractivity (Wildman–Crippen MR) is 91.0 cm³/mol. The Balaban J connectivity index is 1.77. The Morgan fingerprint density at radius 3 is 2.40 bits per heavy atom. The largest absolute Gasteiger partial charge is 0.242 e. The third-order valence-corrected chi connectivity index (χ3v) is 4.93. The minimum Gasteiger partial charge on any atom is -0.242 e. The van der Waals surface area contributed by atoms with Gasteiger partial charge in [-0.1, -0.05) is 48.2 Å². The quantitative estimate of drug-likeness (QED) is 0.691. The van der Waals surface area contributed by atoms with E-state index in [4.69, 9.17) is 4.99 Å². The molecule has 1 heterocycles. The van der Waals surface area contributed by atoms with Crippen LogP contribution in [-0.2, 0) is 0 Å². The molecule has 0 aliphatic carbocycles. The molecule has 0 atom stereocenters. The fraction of sp³-hybridized carbons (Fsp3) is 0.118. The van der Waals surface area contributed by atoms with Gasteiger partial charge in [0.05, 0.1) is 5.69 Å². The first kappa shape index (κ1) is 13.5. The molecule has 20 heavy (non-hydrogen) atoms. The summed E-state index contributed by atoms with van der Waals surface area (Å²) < 4.78 is 0. The highest BCUT2D eigenvalue weighted by atomic mass is 32.2. The zero-order valence-corrected chi connectivity index (χ0v) is 12.7. The van der Waals surface area contributed by atoms with Crippen LogP contribution in [0.3, 0.4) is 0 Å². The zero-order chi connectivity index (χ0) is 13.6. The maximum atomic E-state index is 4.75. The van der Waals surface area contributed by atoms with Gasteiger partial charge in [-0.25, -0.2) is 4.99 Å². The fourth-order valence-electron chi connectivity index (χ4n) is 1.93. The summed E-state index contributed by atoms with van der Waals surface area (Å²) in [6.45, 7) is 0. The van der Waals surface area contributed by atoms with E-state index in [9.17, 15) is 0 Å². The van der Waals surface area contributed by atoms with E-state index in [0.717, 1.165) is 17.9 Å².